The van der Waals surface area contributed by atoms with Crippen molar-refractivity contribution in [1.29, 1.82) is 0 Å². The summed E-state index contributed by atoms with van der Waals surface area (Å²) in [5.41, 5.74) is 0.994. The van der Waals surface area contributed by atoms with Crippen molar-refractivity contribution in [3.63, 3.8) is 0 Å². The van der Waals surface area contributed by atoms with Crippen LogP contribution in [0, 0.1) is 0 Å². The zero-order chi connectivity index (χ0) is 14.0. The first kappa shape index (κ1) is 13.0. The zero-order valence-corrected chi connectivity index (χ0v) is 10.7. The number of hydrogen-bond donors (Lipinski definition) is 1. The first-order chi connectivity index (χ1) is 9.02. The number of rotatable bonds is 3. The van der Waals surface area contributed by atoms with Gasteiger partial charge in [0.2, 0.25) is 0 Å². The van der Waals surface area contributed by atoms with Crippen molar-refractivity contribution in [1.82, 2.24) is 9.88 Å². The highest BCUT2D eigenvalue weighted by Crippen LogP contribution is 2.18. The molecule has 1 unspecified atom stereocenters. The minimum atomic E-state index is -1.04. The second kappa shape index (κ2) is 5.06. The Labute approximate surface area is 110 Å². The van der Waals surface area contributed by atoms with Crippen LogP contribution in [0.1, 0.15) is 17.3 Å². The average Bonchev–Trinajstić information content (AvgIpc) is 2.44. The SMILES string of the molecule is CC(C(=O)O)N(C)C(=O)c1cccc2cccnc12. The fourth-order valence-electron chi connectivity index (χ4n) is 1.81. The number of carboxylic acid groups (broad SMARTS) is 1. The van der Waals surface area contributed by atoms with E-state index in [1.807, 2.05) is 12.1 Å². The summed E-state index contributed by atoms with van der Waals surface area (Å²) in [4.78, 5) is 28.7. The topological polar surface area (TPSA) is 70.5 Å². The van der Waals surface area contributed by atoms with Crippen molar-refractivity contribution in [2.24, 2.45) is 0 Å². The Hall–Kier alpha value is -2.43. The van der Waals surface area contributed by atoms with Crippen LogP contribution in [0.25, 0.3) is 10.9 Å². The van der Waals surface area contributed by atoms with Crippen molar-refractivity contribution >= 4 is 22.8 Å². The molecule has 0 bridgehead atoms. The van der Waals surface area contributed by atoms with Crippen LogP contribution in [0.15, 0.2) is 36.5 Å². The fourth-order valence-corrected chi connectivity index (χ4v) is 1.81. The molecule has 0 fully saturated rings. The van der Waals surface area contributed by atoms with E-state index in [-0.39, 0.29) is 5.91 Å². The maximum absolute atomic E-state index is 12.3. The molecule has 0 saturated carbocycles. The van der Waals surface area contributed by atoms with E-state index < -0.39 is 12.0 Å². The van der Waals surface area contributed by atoms with Crippen LogP contribution in [-0.2, 0) is 4.79 Å². The van der Waals surface area contributed by atoms with Crippen LogP contribution in [0.4, 0.5) is 0 Å². The van der Waals surface area contributed by atoms with E-state index in [1.54, 1.807) is 24.4 Å². The number of amides is 1. The number of benzene rings is 1. The molecule has 5 nitrogen and oxygen atoms in total. The van der Waals surface area contributed by atoms with Crippen molar-refractivity contribution < 1.29 is 14.7 Å². The first-order valence-corrected chi connectivity index (χ1v) is 5.86. The van der Waals surface area contributed by atoms with Crippen LogP contribution in [0.2, 0.25) is 0 Å². The smallest absolute Gasteiger partial charge is 0.326 e. The molecular weight excluding hydrogens is 244 g/mol. The van der Waals surface area contributed by atoms with E-state index >= 15 is 0 Å². The van der Waals surface area contributed by atoms with Crippen LogP contribution in [-0.4, -0.2) is 40.0 Å². The third-order valence-electron chi connectivity index (χ3n) is 3.12. The maximum atomic E-state index is 12.3. The summed E-state index contributed by atoms with van der Waals surface area (Å²) in [7, 11) is 1.48. The molecule has 0 saturated heterocycles. The molecule has 0 aliphatic rings. The number of likely N-dealkylation sites (N-methyl/N-ethyl adjacent to an activating group) is 1. The van der Waals surface area contributed by atoms with Crippen molar-refractivity contribution in [2.45, 2.75) is 13.0 Å². The van der Waals surface area contributed by atoms with Gasteiger partial charge in [-0.05, 0) is 19.1 Å². The van der Waals surface area contributed by atoms with Crippen LogP contribution in [0.3, 0.4) is 0 Å². The van der Waals surface area contributed by atoms with Gasteiger partial charge in [0.25, 0.3) is 5.91 Å². The van der Waals surface area contributed by atoms with E-state index in [1.165, 1.54) is 18.9 Å². The molecule has 1 aromatic carbocycles. The third kappa shape index (κ3) is 2.40. The predicted octanol–water partition coefficient (Wildman–Crippen LogP) is 1.78. The summed E-state index contributed by atoms with van der Waals surface area (Å²) in [5, 5.41) is 9.80. The van der Waals surface area contributed by atoms with Gasteiger partial charge in [-0.3, -0.25) is 9.78 Å². The number of pyridine rings is 1. The largest absolute Gasteiger partial charge is 0.480 e. The Morgan fingerprint density at radius 1 is 1.26 bits per heavy atom. The van der Waals surface area contributed by atoms with Gasteiger partial charge in [0.1, 0.15) is 6.04 Å². The lowest BCUT2D eigenvalue weighted by atomic mass is 10.1. The number of carbonyl (C=O) groups is 2. The molecule has 1 N–H and O–H groups in total. The summed E-state index contributed by atoms with van der Waals surface area (Å²) in [6.07, 6.45) is 1.61. The molecule has 5 heteroatoms. The average molecular weight is 258 g/mol. The molecule has 98 valence electrons. The molecule has 0 radical (unpaired) electrons. The molecule has 1 heterocycles. The Morgan fingerprint density at radius 2 is 1.95 bits per heavy atom. The molecule has 2 aromatic rings. The molecule has 0 aliphatic heterocycles. The highest BCUT2D eigenvalue weighted by atomic mass is 16.4. The molecule has 1 atom stereocenters. The quantitative estimate of drug-likeness (QED) is 0.911. The minimum Gasteiger partial charge on any atom is -0.480 e. The zero-order valence-electron chi connectivity index (χ0n) is 10.7. The predicted molar refractivity (Wildman–Crippen MR) is 70.9 cm³/mol. The Bertz CT molecular complexity index is 634. The molecule has 19 heavy (non-hydrogen) atoms. The molecule has 1 amide bonds. The van der Waals surface area contributed by atoms with Gasteiger partial charge in [-0.2, -0.15) is 0 Å². The van der Waals surface area contributed by atoms with Crippen molar-refractivity contribution in [3.8, 4) is 0 Å². The number of carbonyl (C=O) groups excluding carboxylic acids is 1. The van der Waals surface area contributed by atoms with Gasteiger partial charge in [-0.25, -0.2) is 4.79 Å². The second-order valence-corrected chi connectivity index (χ2v) is 4.31. The number of hydrogen-bond acceptors (Lipinski definition) is 3. The highest BCUT2D eigenvalue weighted by Gasteiger charge is 2.24. The van der Waals surface area contributed by atoms with Crippen LogP contribution >= 0.6 is 0 Å². The molecule has 1 aromatic heterocycles. The lowest BCUT2D eigenvalue weighted by molar-refractivity contribution is -0.141. The number of aromatic nitrogens is 1. The second-order valence-electron chi connectivity index (χ2n) is 4.31. The number of carboxylic acids is 1. The normalized spacial score (nSPS) is 12.1. The Balaban J connectivity index is 2.44. The van der Waals surface area contributed by atoms with Crippen molar-refractivity contribution in [2.75, 3.05) is 7.05 Å². The number of para-hydroxylation sites is 1. The monoisotopic (exact) mass is 258 g/mol. The maximum Gasteiger partial charge on any atom is 0.326 e. The number of fused-ring (bicyclic) bond motifs is 1. The highest BCUT2D eigenvalue weighted by molar-refractivity contribution is 6.06. The van der Waals surface area contributed by atoms with Gasteiger partial charge in [0.15, 0.2) is 0 Å². The lowest BCUT2D eigenvalue weighted by Crippen LogP contribution is -2.40. The lowest BCUT2D eigenvalue weighted by Gasteiger charge is -2.21. The van der Waals surface area contributed by atoms with Gasteiger partial charge in [-0.15, -0.1) is 0 Å². The summed E-state index contributed by atoms with van der Waals surface area (Å²) < 4.78 is 0. The Kier molecular flexibility index (Phi) is 3.46. The Morgan fingerprint density at radius 3 is 2.63 bits per heavy atom. The van der Waals surface area contributed by atoms with Gasteiger partial charge >= 0.3 is 5.97 Å². The van der Waals surface area contributed by atoms with E-state index in [4.69, 9.17) is 5.11 Å². The molecule has 2 rings (SSSR count). The van der Waals surface area contributed by atoms with E-state index in [9.17, 15) is 9.59 Å². The molecule has 0 spiro atoms. The minimum absolute atomic E-state index is 0.348. The van der Waals surface area contributed by atoms with Gasteiger partial charge in [-0.1, -0.05) is 18.2 Å². The summed E-state index contributed by atoms with van der Waals surface area (Å²) >= 11 is 0. The molecular formula is C14H14N2O3. The van der Waals surface area contributed by atoms with E-state index in [0.29, 0.717) is 11.1 Å². The third-order valence-corrected chi connectivity index (χ3v) is 3.12. The van der Waals surface area contributed by atoms with Gasteiger partial charge in [0, 0.05) is 18.6 Å². The summed E-state index contributed by atoms with van der Waals surface area (Å²) in [6.45, 7) is 1.47. The molecule has 0 aliphatic carbocycles. The van der Waals surface area contributed by atoms with E-state index in [0.717, 1.165) is 5.39 Å². The first-order valence-electron chi connectivity index (χ1n) is 5.86. The van der Waals surface area contributed by atoms with Gasteiger partial charge in [0.05, 0.1) is 11.1 Å². The van der Waals surface area contributed by atoms with Crippen LogP contribution < -0.4 is 0 Å². The van der Waals surface area contributed by atoms with E-state index in [2.05, 4.69) is 4.98 Å². The van der Waals surface area contributed by atoms with Crippen LogP contribution in [0.5, 0.6) is 0 Å². The number of aliphatic carboxylic acids is 1. The van der Waals surface area contributed by atoms with Gasteiger partial charge < -0.3 is 10.0 Å². The fraction of sp³-hybridized carbons (Fsp3) is 0.214. The van der Waals surface area contributed by atoms with Crippen molar-refractivity contribution in [3.05, 3.63) is 42.1 Å². The summed E-state index contributed by atoms with van der Waals surface area (Å²) in [5.74, 6) is -1.39. The number of nitrogens with zero attached hydrogens (tertiary/aromatic N) is 2. The summed E-state index contributed by atoms with van der Waals surface area (Å²) in [6, 6.07) is 8.05. The standard InChI is InChI=1S/C14H14N2O3/c1-9(14(18)19)16(2)13(17)11-7-3-5-10-6-4-8-15-12(10)11/h3-9H,1-2H3,(H,18,19).